The number of fused-ring (bicyclic) bond motifs is 3. The van der Waals surface area contributed by atoms with Crippen LogP contribution in [0.2, 0.25) is 0 Å². The van der Waals surface area contributed by atoms with E-state index < -0.39 is 16.7 Å². The molecule has 7 nitrogen and oxygen atoms in total. The molecule has 7 heteroatoms. The highest BCUT2D eigenvalue weighted by Crippen LogP contribution is 2.63. The van der Waals surface area contributed by atoms with E-state index in [4.69, 9.17) is 14.2 Å². The molecule has 1 heterocycles. The molecule has 0 amide bonds. The molecule has 0 radical (unpaired) electrons. The lowest BCUT2D eigenvalue weighted by atomic mass is 9.72. The SMILES string of the molecule is COC(=O)[C@@]12CC(C(=O)OCC(C)(C)CO)C[C@@H]1C[C@@H]1C(=O)OC[C@@H]12. The van der Waals surface area contributed by atoms with Gasteiger partial charge in [0.05, 0.1) is 44.2 Å². The number of carbonyl (C=O) groups is 3. The van der Waals surface area contributed by atoms with Gasteiger partial charge in [-0.2, -0.15) is 0 Å². The third kappa shape index (κ3) is 2.82. The highest BCUT2D eigenvalue weighted by molar-refractivity contribution is 5.85. The summed E-state index contributed by atoms with van der Waals surface area (Å²) in [7, 11) is 1.34. The van der Waals surface area contributed by atoms with E-state index in [1.54, 1.807) is 0 Å². The molecular formula is C18H26O7. The molecule has 25 heavy (non-hydrogen) atoms. The predicted molar refractivity (Wildman–Crippen MR) is 85.0 cm³/mol. The molecule has 1 saturated heterocycles. The zero-order chi connectivity index (χ0) is 18.4. The standard InChI is InChI=1S/C18H26O7/c1-17(2,8-19)9-25-14(20)10-4-11-5-12-13(7-24-15(12)21)18(11,6-10)16(22)23-3/h10-13,19H,4-9H2,1-3H3/t10?,11-,12+,13+,18+/m1/s1. The van der Waals surface area contributed by atoms with Crippen molar-refractivity contribution in [2.45, 2.75) is 33.1 Å². The number of carbonyl (C=O) groups excluding carboxylic acids is 3. The second-order valence-corrected chi connectivity index (χ2v) is 8.37. The van der Waals surface area contributed by atoms with Gasteiger partial charge in [0.1, 0.15) is 0 Å². The Kier molecular flexibility index (Phi) is 4.56. The molecule has 140 valence electrons. The minimum absolute atomic E-state index is 0.0637. The lowest BCUT2D eigenvalue weighted by molar-refractivity contribution is -0.159. The zero-order valence-electron chi connectivity index (χ0n) is 14.9. The van der Waals surface area contributed by atoms with E-state index in [2.05, 4.69) is 0 Å². The van der Waals surface area contributed by atoms with Crippen LogP contribution in [0.4, 0.5) is 0 Å². The number of hydrogen-bond acceptors (Lipinski definition) is 7. The molecule has 3 fully saturated rings. The second kappa shape index (κ2) is 6.27. The highest BCUT2D eigenvalue weighted by atomic mass is 16.5. The van der Waals surface area contributed by atoms with Gasteiger partial charge >= 0.3 is 17.9 Å². The molecule has 5 atom stereocenters. The van der Waals surface area contributed by atoms with Crippen molar-refractivity contribution in [2.24, 2.45) is 34.5 Å². The maximum absolute atomic E-state index is 12.6. The summed E-state index contributed by atoms with van der Waals surface area (Å²) in [4.78, 5) is 37.0. The average molecular weight is 354 g/mol. The van der Waals surface area contributed by atoms with E-state index in [0.717, 1.165) is 0 Å². The van der Waals surface area contributed by atoms with Gasteiger partial charge in [-0.1, -0.05) is 13.8 Å². The number of hydrogen-bond donors (Lipinski definition) is 1. The van der Waals surface area contributed by atoms with Crippen LogP contribution in [-0.4, -0.2) is 49.9 Å². The van der Waals surface area contributed by atoms with Gasteiger partial charge < -0.3 is 19.3 Å². The summed E-state index contributed by atoms with van der Waals surface area (Å²) in [6, 6.07) is 0. The third-order valence-electron chi connectivity index (χ3n) is 6.21. The van der Waals surface area contributed by atoms with Gasteiger partial charge in [-0.05, 0) is 25.2 Å². The molecule has 3 rings (SSSR count). The summed E-state index contributed by atoms with van der Waals surface area (Å²) in [5.41, 5.74) is -1.33. The first kappa shape index (κ1) is 18.2. The van der Waals surface area contributed by atoms with E-state index >= 15 is 0 Å². The molecule has 0 aromatic rings. The Morgan fingerprint density at radius 2 is 2.08 bits per heavy atom. The van der Waals surface area contributed by atoms with Gasteiger partial charge in [-0.3, -0.25) is 14.4 Å². The van der Waals surface area contributed by atoms with Crippen LogP contribution in [0, 0.1) is 34.5 Å². The quantitative estimate of drug-likeness (QED) is 0.579. The average Bonchev–Trinajstić information content (AvgIpc) is 3.22. The first-order valence-corrected chi connectivity index (χ1v) is 8.77. The summed E-state index contributed by atoms with van der Waals surface area (Å²) in [6.07, 6.45) is 1.42. The molecule has 0 bridgehead atoms. The highest BCUT2D eigenvalue weighted by Gasteiger charge is 2.68. The van der Waals surface area contributed by atoms with Crippen molar-refractivity contribution in [3.63, 3.8) is 0 Å². The summed E-state index contributed by atoms with van der Waals surface area (Å²) < 4.78 is 15.6. The Labute approximate surface area is 147 Å². The van der Waals surface area contributed by atoms with E-state index in [-0.39, 0.29) is 55.5 Å². The fraction of sp³-hybridized carbons (Fsp3) is 0.833. The van der Waals surface area contributed by atoms with Crippen LogP contribution in [0.5, 0.6) is 0 Å². The van der Waals surface area contributed by atoms with Gasteiger partial charge in [-0.25, -0.2) is 0 Å². The molecule has 2 saturated carbocycles. The van der Waals surface area contributed by atoms with Crippen LogP contribution in [0.15, 0.2) is 0 Å². The summed E-state index contributed by atoms with van der Waals surface area (Å²) in [5, 5.41) is 9.28. The summed E-state index contributed by atoms with van der Waals surface area (Å²) in [5.74, 6) is -1.89. The molecule has 1 aliphatic heterocycles. The maximum atomic E-state index is 12.6. The van der Waals surface area contributed by atoms with Crippen molar-refractivity contribution in [2.75, 3.05) is 26.9 Å². The molecule has 2 aliphatic carbocycles. The Morgan fingerprint density at radius 1 is 1.36 bits per heavy atom. The smallest absolute Gasteiger partial charge is 0.312 e. The number of ether oxygens (including phenoxy) is 3. The monoisotopic (exact) mass is 354 g/mol. The van der Waals surface area contributed by atoms with Crippen LogP contribution in [0.25, 0.3) is 0 Å². The van der Waals surface area contributed by atoms with Crippen molar-refractivity contribution >= 4 is 17.9 Å². The summed E-state index contributed by atoms with van der Waals surface area (Å²) >= 11 is 0. The van der Waals surface area contributed by atoms with Crippen molar-refractivity contribution in [1.82, 2.24) is 0 Å². The number of aliphatic hydroxyl groups is 1. The minimum Gasteiger partial charge on any atom is -0.469 e. The van der Waals surface area contributed by atoms with Crippen LogP contribution in [-0.2, 0) is 28.6 Å². The van der Waals surface area contributed by atoms with Gasteiger partial charge in [-0.15, -0.1) is 0 Å². The summed E-state index contributed by atoms with van der Waals surface area (Å²) in [6.45, 7) is 3.89. The number of esters is 3. The topological polar surface area (TPSA) is 99.1 Å². The van der Waals surface area contributed by atoms with Gasteiger partial charge in [0.2, 0.25) is 0 Å². The Balaban J connectivity index is 1.75. The van der Waals surface area contributed by atoms with Crippen LogP contribution in [0.1, 0.15) is 33.1 Å². The molecule has 0 aromatic heterocycles. The number of aliphatic hydroxyl groups excluding tert-OH is 1. The van der Waals surface area contributed by atoms with Crippen LogP contribution >= 0.6 is 0 Å². The van der Waals surface area contributed by atoms with E-state index in [1.165, 1.54) is 7.11 Å². The molecule has 0 spiro atoms. The molecule has 0 aromatic carbocycles. The van der Waals surface area contributed by atoms with Crippen molar-refractivity contribution in [3.8, 4) is 0 Å². The van der Waals surface area contributed by atoms with E-state index in [9.17, 15) is 19.5 Å². The lowest BCUT2D eigenvalue weighted by Gasteiger charge is -2.31. The van der Waals surface area contributed by atoms with E-state index in [0.29, 0.717) is 19.3 Å². The molecule has 1 N–H and O–H groups in total. The largest absolute Gasteiger partial charge is 0.469 e. The third-order valence-corrected chi connectivity index (χ3v) is 6.21. The first-order valence-electron chi connectivity index (χ1n) is 8.77. The fourth-order valence-corrected chi connectivity index (χ4v) is 4.81. The minimum atomic E-state index is -0.832. The van der Waals surface area contributed by atoms with Gasteiger partial charge in [0.15, 0.2) is 0 Å². The number of cyclic esters (lactones) is 1. The second-order valence-electron chi connectivity index (χ2n) is 8.37. The Morgan fingerprint density at radius 3 is 2.72 bits per heavy atom. The molecular weight excluding hydrogens is 328 g/mol. The lowest BCUT2D eigenvalue weighted by Crippen LogP contribution is -2.40. The number of rotatable bonds is 5. The van der Waals surface area contributed by atoms with Crippen LogP contribution in [0.3, 0.4) is 0 Å². The van der Waals surface area contributed by atoms with Crippen molar-refractivity contribution in [1.29, 1.82) is 0 Å². The van der Waals surface area contributed by atoms with Crippen molar-refractivity contribution < 1.29 is 33.7 Å². The van der Waals surface area contributed by atoms with E-state index in [1.807, 2.05) is 13.8 Å². The van der Waals surface area contributed by atoms with Gasteiger partial charge in [0, 0.05) is 11.3 Å². The zero-order valence-corrected chi connectivity index (χ0v) is 14.9. The normalized spacial score (nSPS) is 36.6. The Hall–Kier alpha value is -1.63. The van der Waals surface area contributed by atoms with Crippen LogP contribution < -0.4 is 0 Å². The predicted octanol–water partition coefficient (Wildman–Crippen LogP) is 0.927. The van der Waals surface area contributed by atoms with Crippen molar-refractivity contribution in [3.05, 3.63) is 0 Å². The Bertz CT molecular complexity index is 584. The maximum Gasteiger partial charge on any atom is 0.312 e. The van der Waals surface area contributed by atoms with Gasteiger partial charge in [0.25, 0.3) is 0 Å². The fourth-order valence-electron chi connectivity index (χ4n) is 4.81. The first-order chi connectivity index (χ1) is 11.7. The number of methoxy groups -OCH3 is 1. The molecule has 1 unspecified atom stereocenters. The molecule has 3 aliphatic rings.